The molecule has 4 heteroatoms. The van der Waals surface area contributed by atoms with E-state index in [9.17, 15) is 0 Å². The second-order valence-electron chi connectivity index (χ2n) is 8.84. The third-order valence-electron chi connectivity index (χ3n) is 5.64. The van der Waals surface area contributed by atoms with Crippen molar-refractivity contribution in [3.63, 3.8) is 0 Å². The molecule has 0 saturated carbocycles. The first-order valence-corrected chi connectivity index (χ1v) is 16.6. The van der Waals surface area contributed by atoms with Gasteiger partial charge in [0, 0.05) is 0 Å². The zero-order valence-electron chi connectivity index (χ0n) is 18.2. The number of hydrogen-bond acceptors (Lipinski definition) is 2. The van der Waals surface area contributed by atoms with E-state index in [0.717, 1.165) is 11.5 Å². The van der Waals surface area contributed by atoms with Crippen LogP contribution in [0.3, 0.4) is 0 Å². The predicted octanol–water partition coefficient (Wildman–Crippen LogP) is 6.15. The summed E-state index contributed by atoms with van der Waals surface area (Å²) in [5.74, 6) is 2.44. The van der Waals surface area contributed by atoms with Crippen LogP contribution < -0.4 is 8.06 Å². The molecular formula is C22H35O2SiTi. The second-order valence-corrected chi connectivity index (χ2v) is 21.0. The van der Waals surface area contributed by atoms with Gasteiger partial charge in [0.25, 0.3) is 0 Å². The van der Waals surface area contributed by atoms with Gasteiger partial charge in [-0.3, -0.25) is 0 Å². The van der Waals surface area contributed by atoms with Gasteiger partial charge >= 0.3 is 168 Å². The fourth-order valence-electron chi connectivity index (χ4n) is 3.55. The number of rotatable bonds is 5. The van der Waals surface area contributed by atoms with Crippen LogP contribution in [0.1, 0.15) is 54.0 Å². The van der Waals surface area contributed by atoms with E-state index in [4.69, 9.17) is 8.06 Å². The van der Waals surface area contributed by atoms with Crippen LogP contribution in [0.25, 0.3) is 0 Å². The van der Waals surface area contributed by atoms with Gasteiger partial charge in [-0.1, -0.05) is 0 Å². The molecule has 0 aliphatic heterocycles. The Kier molecular flexibility index (Phi) is 6.69. The Bertz CT molecular complexity index is 741. The molecule has 0 saturated heterocycles. The van der Waals surface area contributed by atoms with Crippen molar-refractivity contribution in [3.05, 3.63) is 44.4 Å². The standard InChI is InChI=1S/C11H16O2.C9H13.C2H7Si.Ti/c1-11(2,3)8-5-9(12)7-10(6-8)13-4;1-6-5-7(2)9(4)8(6)3;1-3-2;/h5-7,12H,1-4H3;6H,1-4H3;3H,1-2H3;/q;;;+1/p-1. The van der Waals surface area contributed by atoms with Crippen molar-refractivity contribution in [2.24, 2.45) is 5.92 Å². The molecule has 0 bridgehead atoms. The second kappa shape index (κ2) is 8.08. The number of methoxy groups -OCH3 is 1. The van der Waals surface area contributed by atoms with Gasteiger partial charge in [0.2, 0.25) is 0 Å². The Morgan fingerprint density at radius 3 is 1.96 bits per heavy atom. The molecule has 0 spiro atoms. The van der Waals surface area contributed by atoms with Gasteiger partial charge in [-0.25, -0.2) is 0 Å². The van der Waals surface area contributed by atoms with Gasteiger partial charge in [-0.05, 0) is 0 Å². The molecule has 1 aromatic rings. The third kappa shape index (κ3) is 4.37. The first kappa shape index (κ1) is 21.5. The Hall–Kier alpha value is -0.769. The van der Waals surface area contributed by atoms with Gasteiger partial charge in [-0.15, -0.1) is 0 Å². The number of benzene rings is 1. The Morgan fingerprint density at radius 2 is 1.54 bits per heavy atom. The molecule has 1 aliphatic rings. The minimum absolute atomic E-state index is 0.0760. The van der Waals surface area contributed by atoms with E-state index in [1.165, 1.54) is 22.3 Å². The fourth-order valence-corrected chi connectivity index (χ4v) is 13.5. The summed E-state index contributed by atoms with van der Waals surface area (Å²) >= 11 is -1.80. The average Bonchev–Trinajstić information content (AvgIpc) is 2.75. The summed E-state index contributed by atoms with van der Waals surface area (Å²) in [5.41, 5.74) is 5.86. The van der Waals surface area contributed by atoms with Gasteiger partial charge < -0.3 is 0 Å². The fraction of sp³-hybridized carbons (Fsp3) is 0.545. The Labute approximate surface area is 167 Å². The zero-order chi connectivity index (χ0) is 19.8. The Balaban J connectivity index is 2.44. The van der Waals surface area contributed by atoms with E-state index in [0.29, 0.717) is 5.92 Å². The van der Waals surface area contributed by atoms with Crippen LogP contribution in [0.2, 0.25) is 13.1 Å². The van der Waals surface area contributed by atoms with Crippen molar-refractivity contribution in [2.45, 2.75) is 67.0 Å². The van der Waals surface area contributed by atoms with Crippen molar-refractivity contribution in [1.29, 1.82) is 0 Å². The maximum atomic E-state index is 6.84. The van der Waals surface area contributed by atoms with Gasteiger partial charge in [0.1, 0.15) is 0 Å². The van der Waals surface area contributed by atoms with E-state index >= 15 is 0 Å². The Morgan fingerprint density at radius 1 is 0.962 bits per heavy atom. The predicted molar refractivity (Wildman–Crippen MR) is 111 cm³/mol. The summed E-state index contributed by atoms with van der Waals surface area (Å²) in [7, 11) is 1.74. The van der Waals surface area contributed by atoms with Crippen molar-refractivity contribution < 1.29 is 25.6 Å². The molecule has 0 N–H and O–H groups in total. The first-order chi connectivity index (χ1) is 12.0. The van der Waals surface area contributed by atoms with Crippen molar-refractivity contribution in [2.75, 3.05) is 7.11 Å². The molecule has 0 radical (unpaired) electrons. The number of hydrogen-bond donors (Lipinski definition) is 0. The van der Waals surface area contributed by atoms with E-state index < -0.39 is 24.2 Å². The van der Waals surface area contributed by atoms with E-state index in [2.05, 4.69) is 79.8 Å². The number of ether oxygens (including phenoxy) is 1. The summed E-state index contributed by atoms with van der Waals surface area (Å²) in [6, 6.07) is 6.44. The first-order valence-electron chi connectivity index (χ1n) is 9.60. The molecule has 1 aliphatic carbocycles. The third-order valence-corrected chi connectivity index (χ3v) is 16.2. The van der Waals surface area contributed by atoms with Crippen molar-refractivity contribution >= 4 is 6.66 Å². The molecule has 2 rings (SSSR count). The normalized spacial score (nSPS) is 18.0. The van der Waals surface area contributed by atoms with Gasteiger partial charge in [0.05, 0.1) is 0 Å². The number of allylic oxidation sites excluding steroid dienone is 4. The van der Waals surface area contributed by atoms with Crippen LogP contribution in [0.15, 0.2) is 38.8 Å². The van der Waals surface area contributed by atoms with Gasteiger partial charge in [-0.2, -0.15) is 0 Å². The molecule has 0 aromatic heterocycles. The molecule has 0 heterocycles. The molecule has 26 heavy (non-hydrogen) atoms. The summed E-state index contributed by atoms with van der Waals surface area (Å²) in [6.07, 6.45) is 0. The summed E-state index contributed by atoms with van der Waals surface area (Å²) in [6.45, 7) is 20.0. The molecular weight excluding hydrogens is 372 g/mol. The van der Waals surface area contributed by atoms with Crippen LogP contribution in [0, 0.1) is 5.92 Å². The van der Waals surface area contributed by atoms with Crippen LogP contribution in [-0.2, 0) is 22.9 Å². The summed E-state index contributed by atoms with van der Waals surface area (Å²) < 4.78 is 14.1. The maximum absolute atomic E-state index is 6.84. The van der Waals surface area contributed by atoms with E-state index in [1.807, 2.05) is 0 Å². The average molecular weight is 407 g/mol. The molecule has 0 amide bonds. The topological polar surface area (TPSA) is 18.5 Å². The van der Waals surface area contributed by atoms with E-state index in [1.54, 1.807) is 11.0 Å². The van der Waals surface area contributed by atoms with Crippen LogP contribution >= 0.6 is 0 Å². The molecule has 0 fully saturated rings. The van der Waals surface area contributed by atoms with E-state index in [-0.39, 0.29) is 5.41 Å². The zero-order valence-corrected chi connectivity index (χ0v) is 20.9. The molecule has 1 aromatic carbocycles. The molecule has 2 nitrogen and oxygen atoms in total. The van der Waals surface area contributed by atoms with Gasteiger partial charge in [0.15, 0.2) is 0 Å². The summed E-state index contributed by atoms with van der Waals surface area (Å²) in [4.78, 5) is 0. The summed E-state index contributed by atoms with van der Waals surface area (Å²) in [5, 5.41) is 0. The molecule has 143 valence electrons. The SMILES string of the molecule is COc1cc([O][Ti]([C]2=C(C)C(C)=C(C)C2C)[SiH](C)C)cc(C(C)(C)C)c1. The van der Waals surface area contributed by atoms with Crippen LogP contribution in [0.4, 0.5) is 0 Å². The van der Waals surface area contributed by atoms with Crippen molar-refractivity contribution in [1.82, 2.24) is 0 Å². The molecule has 1 atom stereocenters. The monoisotopic (exact) mass is 407 g/mol. The minimum atomic E-state index is -1.80. The molecule has 1 unspecified atom stereocenters. The van der Waals surface area contributed by atoms with Crippen LogP contribution in [0.5, 0.6) is 11.5 Å². The van der Waals surface area contributed by atoms with Crippen molar-refractivity contribution in [3.8, 4) is 11.5 Å². The quantitative estimate of drug-likeness (QED) is 0.545. The van der Waals surface area contributed by atoms with Crippen LogP contribution in [-0.4, -0.2) is 13.8 Å².